The van der Waals surface area contributed by atoms with Crippen LogP contribution >= 0.6 is 0 Å². The molecule has 2 unspecified atom stereocenters. The number of azide groups is 1. The van der Waals surface area contributed by atoms with Gasteiger partial charge in [-0.2, -0.15) is 0 Å². The fourth-order valence-electron chi connectivity index (χ4n) is 1.86. The van der Waals surface area contributed by atoms with Crippen LogP contribution in [0.4, 0.5) is 4.79 Å². The van der Waals surface area contributed by atoms with E-state index in [0.717, 1.165) is 5.56 Å². The molecule has 22 heavy (non-hydrogen) atoms. The number of aliphatic hydroxyl groups excluding tert-OH is 1. The number of alkyl carbamates (subject to hydrolysis) is 1. The lowest BCUT2D eigenvalue weighted by molar-refractivity contribution is 0.0430. The maximum atomic E-state index is 11.9. The molecule has 7 heteroatoms. The fourth-order valence-corrected chi connectivity index (χ4v) is 1.86. The van der Waals surface area contributed by atoms with Crippen molar-refractivity contribution in [3.63, 3.8) is 0 Å². The average Bonchev–Trinajstić information content (AvgIpc) is 2.43. The van der Waals surface area contributed by atoms with Gasteiger partial charge in [-0.1, -0.05) is 35.4 Å². The van der Waals surface area contributed by atoms with Crippen molar-refractivity contribution in [3.05, 3.63) is 46.3 Å². The largest absolute Gasteiger partial charge is 0.444 e. The summed E-state index contributed by atoms with van der Waals surface area (Å²) in [5.74, 6) is 0. The highest BCUT2D eigenvalue weighted by atomic mass is 16.6. The lowest BCUT2D eigenvalue weighted by atomic mass is 10.0. The number of benzene rings is 1. The maximum absolute atomic E-state index is 11.9. The van der Waals surface area contributed by atoms with E-state index in [1.807, 2.05) is 30.3 Å². The Morgan fingerprint density at radius 1 is 1.41 bits per heavy atom. The van der Waals surface area contributed by atoms with Gasteiger partial charge >= 0.3 is 6.09 Å². The van der Waals surface area contributed by atoms with Crippen LogP contribution in [0, 0.1) is 0 Å². The lowest BCUT2D eigenvalue weighted by Gasteiger charge is -2.26. The van der Waals surface area contributed by atoms with Crippen LogP contribution in [0.5, 0.6) is 0 Å². The van der Waals surface area contributed by atoms with Crippen LogP contribution in [0.15, 0.2) is 35.4 Å². The molecule has 1 aromatic rings. The van der Waals surface area contributed by atoms with Crippen molar-refractivity contribution in [1.29, 1.82) is 0 Å². The van der Waals surface area contributed by atoms with Crippen LogP contribution in [0.2, 0.25) is 0 Å². The molecule has 0 aliphatic heterocycles. The summed E-state index contributed by atoms with van der Waals surface area (Å²) < 4.78 is 5.20. The normalized spacial score (nSPS) is 13.6. The van der Waals surface area contributed by atoms with E-state index in [4.69, 9.17) is 10.3 Å². The third-order valence-corrected chi connectivity index (χ3v) is 2.80. The molecule has 1 aromatic carbocycles. The number of aliphatic hydroxyl groups is 1. The van der Waals surface area contributed by atoms with Crippen molar-refractivity contribution in [2.75, 3.05) is 6.54 Å². The van der Waals surface area contributed by atoms with Crippen LogP contribution in [-0.2, 0) is 11.2 Å². The van der Waals surface area contributed by atoms with Crippen molar-refractivity contribution in [1.82, 2.24) is 5.32 Å². The first-order valence-electron chi connectivity index (χ1n) is 7.04. The van der Waals surface area contributed by atoms with Gasteiger partial charge in [0.05, 0.1) is 18.7 Å². The third-order valence-electron chi connectivity index (χ3n) is 2.80. The number of carbonyl (C=O) groups excluding carboxylic acids is 1. The van der Waals surface area contributed by atoms with Crippen molar-refractivity contribution in [2.24, 2.45) is 5.11 Å². The van der Waals surface area contributed by atoms with E-state index in [0.29, 0.717) is 6.42 Å². The number of hydrogen-bond acceptors (Lipinski definition) is 4. The Hall–Kier alpha value is -2.24. The molecular weight excluding hydrogens is 284 g/mol. The predicted molar refractivity (Wildman–Crippen MR) is 83.3 cm³/mol. The van der Waals surface area contributed by atoms with Crippen molar-refractivity contribution < 1.29 is 14.6 Å². The van der Waals surface area contributed by atoms with Gasteiger partial charge in [-0.25, -0.2) is 4.79 Å². The van der Waals surface area contributed by atoms with Gasteiger partial charge < -0.3 is 15.2 Å². The van der Waals surface area contributed by atoms with E-state index in [2.05, 4.69) is 15.3 Å². The summed E-state index contributed by atoms with van der Waals surface area (Å²) in [5, 5.41) is 16.1. The second kappa shape index (κ2) is 8.26. The number of nitrogens with one attached hydrogen (secondary N) is 1. The number of hydrogen-bond donors (Lipinski definition) is 2. The van der Waals surface area contributed by atoms with Crippen LogP contribution in [-0.4, -0.2) is 35.5 Å². The molecule has 0 aliphatic rings. The molecule has 0 heterocycles. The zero-order chi connectivity index (χ0) is 16.6. The van der Waals surface area contributed by atoms with Gasteiger partial charge in [0.15, 0.2) is 0 Å². The fraction of sp³-hybridized carbons (Fsp3) is 0.533. The summed E-state index contributed by atoms with van der Waals surface area (Å²) in [4.78, 5) is 14.5. The van der Waals surface area contributed by atoms with E-state index in [-0.39, 0.29) is 6.54 Å². The molecule has 2 N–H and O–H groups in total. The van der Waals surface area contributed by atoms with E-state index >= 15 is 0 Å². The molecule has 120 valence electrons. The topological polar surface area (TPSA) is 107 Å². The summed E-state index contributed by atoms with van der Waals surface area (Å²) in [5.41, 5.74) is 8.68. The minimum atomic E-state index is -0.997. The lowest BCUT2D eigenvalue weighted by Crippen LogP contribution is -2.47. The molecule has 1 amide bonds. The number of nitrogens with zero attached hydrogens (tertiary/aromatic N) is 3. The van der Waals surface area contributed by atoms with Gasteiger partial charge in [-0.05, 0) is 38.3 Å². The molecule has 0 spiro atoms. The Bertz CT molecular complexity index is 521. The molecule has 0 radical (unpaired) electrons. The summed E-state index contributed by atoms with van der Waals surface area (Å²) in [6, 6.07) is 8.81. The first-order chi connectivity index (χ1) is 10.3. The predicted octanol–water partition coefficient (Wildman–Crippen LogP) is 2.79. The molecule has 1 rings (SSSR count). The molecule has 0 saturated carbocycles. The van der Waals surface area contributed by atoms with Gasteiger partial charge in [-0.3, -0.25) is 0 Å². The van der Waals surface area contributed by atoms with E-state index in [1.54, 1.807) is 20.8 Å². The highest BCUT2D eigenvalue weighted by molar-refractivity contribution is 5.68. The number of ether oxygens (including phenoxy) is 1. The van der Waals surface area contributed by atoms with Gasteiger partial charge in [0, 0.05) is 4.91 Å². The summed E-state index contributed by atoms with van der Waals surface area (Å²) in [6.45, 7) is 5.16. The quantitative estimate of drug-likeness (QED) is 0.479. The van der Waals surface area contributed by atoms with Crippen LogP contribution in [0.25, 0.3) is 10.4 Å². The first kappa shape index (κ1) is 17.8. The number of rotatable bonds is 6. The highest BCUT2D eigenvalue weighted by Crippen LogP contribution is 2.10. The SMILES string of the molecule is CC(C)(C)OC(=O)NC(Cc1ccccc1)C(O)CN=[N+]=[N-]. The van der Waals surface area contributed by atoms with E-state index in [9.17, 15) is 9.90 Å². The first-order valence-corrected chi connectivity index (χ1v) is 7.04. The van der Waals surface area contributed by atoms with Crippen molar-refractivity contribution in [3.8, 4) is 0 Å². The second-order valence-electron chi connectivity index (χ2n) is 5.92. The van der Waals surface area contributed by atoms with E-state index in [1.165, 1.54) is 0 Å². The Labute approximate surface area is 129 Å². The Morgan fingerprint density at radius 2 is 2.05 bits per heavy atom. The smallest absolute Gasteiger partial charge is 0.407 e. The monoisotopic (exact) mass is 306 g/mol. The van der Waals surface area contributed by atoms with Crippen molar-refractivity contribution in [2.45, 2.75) is 44.9 Å². The standard InChI is InChI=1S/C15H22N4O3/c1-15(2,3)22-14(21)18-12(13(20)10-17-19-16)9-11-7-5-4-6-8-11/h4-8,12-13,20H,9-10H2,1-3H3,(H,18,21). The van der Waals surface area contributed by atoms with Crippen LogP contribution in [0.3, 0.4) is 0 Å². The van der Waals surface area contributed by atoms with Gasteiger partial charge in [0.25, 0.3) is 0 Å². The molecule has 0 bridgehead atoms. The molecule has 0 aliphatic carbocycles. The molecule has 0 aromatic heterocycles. The zero-order valence-corrected chi connectivity index (χ0v) is 13.1. The molecule has 2 atom stereocenters. The van der Waals surface area contributed by atoms with Gasteiger partial charge in [-0.15, -0.1) is 0 Å². The van der Waals surface area contributed by atoms with Crippen LogP contribution in [0.1, 0.15) is 26.3 Å². The summed E-state index contributed by atoms with van der Waals surface area (Å²) in [7, 11) is 0. The molecule has 7 nitrogen and oxygen atoms in total. The van der Waals surface area contributed by atoms with Gasteiger partial charge in [0.1, 0.15) is 5.60 Å². The zero-order valence-electron chi connectivity index (χ0n) is 13.1. The Balaban J connectivity index is 2.77. The average molecular weight is 306 g/mol. The van der Waals surface area contributed by atoms with E-state index < -0.39 is 23.8 Å². The Kier molecular flexibility index (Phi) is 6.69. The number of carbonyl (C=O) groups is 1. The molecule has 0 saturated heterocycles. The van der Waals surface area contributed by atoms with Crippen molar-refractivity contribution >= 4 is 6.09 Å². The highest BCUT2D eigenvalue weighted by Gasteiger charge is 2.24. The van der Waals surface area contributed by atoms with Gasteiger partial charge in [0.2, 0.25) is 0 Å². The minimum Gasteiger partial charge on any atom is -0.444 e. The third kappa shape index (κ3) is 6.97. The molecular formula is C15H22N4O3. The second-order valence-corrected chi connectivity index (χ2v) is 5.92. The summed E-state index contributed by atoms with van der Waals surface area (Å²) in [6.07, 6.45) is -1.21. The Morgan fingerprint density at radius 3 is 2.59 bits per heavy atom. The van der Waals surface area contributed by atoms with Crippen LogP contribution < -0.4 is 5.32 Å². The molecule has 0 fully saturated rings. The maximum Gasteiger partial charge on any atom is 0.407 e. The minimum absolute atomic E-state index is 0.121. The number of amides is 1. The summed E-state index contributed by atoms with van der Waals surface area (Å²) >= 11 is 0.